The maximum atomic E-state index is 12.1. The predicted molar refractivity (Wildman–Crippen MR) is 109 cm³/mol. The Morgan fingerprint density at radius 2 is 1.43 bits per heavy atom. The molecule has 0 radical (unpaired) electrons. The van der Waals surface area contributed by atoms with Gasteiger partial charge in [-0.25, -0.2) is 0 Å². The van der Waals surface area contributed by atoms with Crippen molar-refractivity contribution >= 4 is 28.3 Å². The molecule has 6 nitrogen and oxygen atoms in total. The van der Waals surface area contributed by atoms with Crippen molar-refractivity contribution in [3.63, 3.8) is 0 Å². The van der Waals surface area contributed by atoms with Crippen LogP contribution in [0.2, 0.25) is 0 Å². The van der Waals surface area contributed by atoms with E-state index in [9.17, 15) is 9.59 Å². The van der Waals surface area contributed by atoms with E-state index >= 15 is 0 Å². The first-order chi connectivity index (χ1) is 13.6. The lowest BCUT2D eigenvalue weighted by Crippen LogP contribution is -2.28. The largest absolute Gasteiger partial charge is 0.484 e. The Morgan fingerprint density at radius 1 is 0.786 bits per heavy atom. The average molecular weight is 378 g/mol. The van der Waals surface area contributed by atoms with Crippen LogP contribution in [0, 0.1) is 0 Å². The van der Waals surface area contributed by atoms with Crippen LogP contribution >= 0.6 is 0 Å². The van der Waals surface area contributed by atoms with E-state index in [0.717, 1.165) is 10.8 Å². The number of amides is 2. The minimum atomic E-state index is -0.260. The number of ether oxygens (including phenoxy) is 2. The average Bonchev–Trinajstić information content (AvgIpc) is 2.72. The molecule has 0 saturated carbocycles. The van der Waals surface area contributed by atoms with E-state index in [2.05, 4.69) is 10.6 Å². The molecular weight excluding hydrogens is 356 g/mol. The number of hydrogen-bond acceptors (Lipinski definition) is 4. The van der Waals surface area contributed by atoms with Crippen LogP contribution in [0.15, 0.2) is 66.7 Å². The lowest BCUT2D eigenvalue weighted by atomic mass is 10.1. The molecule has 3 aromatic carbocycles. The Balaban J connectivity index is 1.48. The fourth-order valence-corrected chi connectivity index (χ4v) is 2.63. The van der Waals surface area contributed by atoms with Crippen LogP contribution in [-0.2, 0) is 9.59 Å². The van der Waals surface area contributed by atoms with E-state index in [1.54, 1.807) is 24.3 Å². The van der Waals surface area contributed by atoms with Crippen molar-refractivity contribution in [3.8, 4) is 11.5 Å². The number of anilines is 1. The number of carbonyl (C=O) groups excluding carboxylic acids is 2. The zero-order valence-electron chi connectivity index (χ0n) is 15.6. The molecule has 6 heteroatoms. The summed E-state index contributed by atoms with van der Waals surface area (Å²) < 4.78 is 10.9. The highest BCUT2D eigenvalue weighted by Gasteiger charge is 2.06. The standard InChI is InChI=1S/C22H22N2O4/c1-2-23-21(25)14-27-19-11-8-18(9-12-19)24-22(26)15-28-20-10-7-16-5-3-4-6-17(16)13-20/h3-13H,2,14-15H2,1H3,(H,23,25)(H,24,26). The maximum absolute atomic E-state index is 12.1. The summed E-state index contributed by atoms with van der Waals surface area (Å²) in [5, 5.41) is 7.60. The van der Waals surface area contributed by atoms with Crippen LogP contribution in [0.3, 0.4) is 0 Å². The Hall–Kier alpha value is -3.54. The quantitative estimate of drug-likeness (QED) is 0.630. The van der Waals surface area contributed by atoms with Crippen LogP contribution in [0.1, 0.15) is 6.92 Å². The van der Waals surface area contributed by atoms with Gasteiger partial charge in [0.2, 0.25) is 0 Å². The molecule has 0 fully saturated rings. The van der Waals surface area contributed by atoms with Gasteiger partial charge in [-0.1, -0.05) is 30.3 Å². The van der Waals surface area contributed by atoms with E-state index in [1.807, 2.05) is 49.4 Å². The third-order valence-electron chi connectivity index (χ3n) is 3.97. The molecule has 0 aliphatic rings. The zero-order valence-corrected chi connectivity index (χ0v) is 15.6. The van der Waals surface area contributed by atoms with Crippen molar-refractivity contribution < 1.29 is 19.1 Å². The molecule has 144 valence electrons. The molecule has 0 saturated heterocycles. The second-order valence-corrected chi connectivity index (χ2v) is 6.11. The fraction of sp³-hybridized carbons (Fsp3) is 0.182. The number of nitrogens with one attached hydrogen (secondary N) is 2. The predicted octanol–water partition coefficient (Wildman–Crippen LogP) is 3.37. The number of fused-ring (bicyclic) bond motifs is 1. The molecular formula is C22H22N2O4. The minimum absolute atomic E-state index is 0.0425. The van der Waals surface area contributed by atoms with Gasteiger partial charge in [-0.2, -0.15) is 0 Å². The summed E-state index contributed by atoms with van der Waals surface area (Å²) in [4.78, 5) is 23.5. The zero-order chi connectivity index (χ0) is 19.8. The third-order valence-corrected chi connectivity index (χ3v) is 3.97. The summed E-state index contributed by atoms with van der Waals surface area (Å²) in [5.41, 5.74) is 0.623. The monoisotopic (exact) mass is 378 g/mol. The molecule has 2 amide bonds. The topological polar surface area (TPSA) is 76.7 Å². The molecule has 0 bridgehead atoms. The molecule has 0 atom stereocenters. The Labute approximate surface area is 163 Å². The van der Waals surface area contributed by atoms with Crippen LogP contribution < -0.4 is 20.1 Å². The summed E-state index contributed by atoms with van der Waals surface area (Å²) in [6, 6.07) is 20.5. The van der Waals surface area contributed by atoms with Gasteiger partial charge in [-0.05, 0) is 54.1 Å². The van der Waals surface area contributed by atoms with E-state index in [1.165, 1.54) is 0 Å². The van der Waals surface area contributed by atoms with E-state index in [0.29, 0.717) is 23.7 Å². The lowest BCUT2D eigenvalue weighted by Gasteiger charge is -2.10. The summed E-state index contributed by atoms with van der Waals surface area (Å²) in [7, 11) is 0. The van der Waals surface area contributed by atoms with Crippen molar-refractivity contribution in [1.82, 2.24) is 5.32 Å². The van der Waals surface area contributed by atoms with Crippen molar-refractivity contribution in [3.05, 3.63) is 66.7 Å². The molecule has 3 rings (SSSR count). The van der Waals surface area contributed by atoms with E-state index < -0.39 is 0 Å². The highest BCUT2D eigenvalue weighted by Crippen LogP contribution is 2.20. The van der Waals surface area contributed by atoms with Gasteiger partial charge in [0.15, 0.2) is 13.2 Å². The van der Waals surface area contributed by atoms with E-state index in [4.69, 9.17) is 9.47 Å². The van der Waals surface area contributed by atoms with Crippen LogP contribution in [-0.4, -0.2) is 31.6 Å². The number of rotatable bonds is 8. The van der Waals surface area contributed by atoms with Gasteiger partial charge in [-0.15, -0.1) is 0 Å². The minimum Gasteiger partial charge on any atom is -0.484 e. The first-order valence-corrected chi connectivity index (χ1v) is 9.05. The highest BCUT2D eigenvalue weighted by molar-refractivity contribution is 5.92. The maximum Gasteiger partial charge on any atom is 0.262 e. The van der Waals surface area contributed by atoms with Gasteiger partial charge in [-0.3, -0.25) is 9.59 Å². The van der Waals surface area contributed by atoms with E-state index in [-0.39, 0.29) is 25.0 Å². The normalized spacial score (nSPS) is 10.3. The number of likely N-dealkylation sites (N-methyl/N-ethyl adjacent to an activating group) is 1. The number of hydrogen-bond donors (Lipinski definition) is 2. The third kappa shape index (κ3) is 5.48. The van der Waals surface area contributed by atoms with Crippen molar-refractivity contribution in [1.29, 1.82) is 0 Å². The van der Waals surface area contributed by atoms with Crippen molar-refractivity contribution in [2.24, 2.45) is 0 Å². The second kappa shape index (κ2) is 9.41. The number of benzene rings is 3. The summed E-state index contributed by atoms with van der Waals surface area (Å²) >= 11 is 0. The van der Waals surface area contributed by atoms with Gasteiger partial charge in [0.05, 0.1) is 0 Å². The molecule has 28 heavy (non-hydrogen) atoms. The summed E-state index contributed by atoms with van der Waals surface area (Å²) in [6.45, 7) is 2.28. The molecule has 3 aromatic rings. The molecule has 0 aliphatic carbocycles. The molecule has 0 unspecified atom stereocenters. The molecule has 0 heterocycles. The Bertz CT molecular complexity index is 954. The SMILES string of the molecule is CCNC(=O)COc1ccc(NC(=O)COc2ccc3ccccc3c2)cc1. The molecule has 0 aliphatic heterocycles. The number of carbonyl (C=O) groups is 2. The van der Waals surface area contributed by atoms with Gasteiger partial charge in [0.1, 0.15) is 11.5 Å². The summed E-state index contributed by atoms with van der Waals surface area (Å²) in [6.07, 6.45) is 0. The Kier molecular flexibility index (Phi) is 6.46. The summed E-state index contributed by atoms with van der Waals surface area (Å²) in [5.74, 6) is 0.759. The van der Waals surface area contributed by atoms with Gasteiger partial charge in [0.25, 0.3) is 11.8 Å². The second-order valence-electron chi connectivity index (χ2n) is 6.11. The van der Waals surface area contributed by atoms with Gasteiger partial charge < -0.3 is 20.1 Å². The van der Waals surface area contributed by atoms with Crippen LogP contribution in [0.4, 0.5) is 5.69 Å². The van der Waals surface area contributed by atoms with Gasteiger partial charge in [0, 0.05) is 12.2 Å². The van der Waals surface area contributed by atoms with Gasteiger partial charge >= 0.3 is 0 Å². The van der Waals surface area contributed by atoms with Crippen molar-refractivity contribution in [2.75, 3.05) is 25.1 Å². The molecule has 0 spiro atoms. The smallest absolute Gasteiger partial charge is 0.262 e. The Morgan fingerprint density at radius 3 is 2.18 bits per heavy atom. The lowest BCUT2D eigenvalue weighted by molar-refractivity contribution is -0.123. The van der Waals surface area contributed by atoms with Crippen LogP contribution in [0.25, 0.3) is 10.8 Å². The molecule has 2 N–H and O–H groups in total. The molecule has 0 aromatic heterocycles. The van der Waals surface area contributed by atoms with Crippen LogP contribution in [0.5, 0.6) is 11.5 Å². The first kappa shape index (κ1) is 19.2. The first-order valence-electron chi connectivity index (χ1n) is 9.05. The van der Waals surface area contributed by atoms with Crippen molar-refractivity contribution in [2.45, 2.75) is 6.92 Å². The highest BCUT2D eigenvalue weighted by atomic mass is 16.5. The fourth-order valence-electron chi connectivity index (χ4n) is 2.63.